The van der Waals surface area contributed by atoms with Crippen LogP contribution in [0.25, 0.3) is 0 Å². The molecule has 3 heterocycles. The van der Waals surface area contributed by atoms with Crippen molar-refractivity contribution in [1.29, 1.82) is 0 Å². The Kier molecular flexibility index (Phi) is 4.92. The molecule has 130 valence electrons. The highest BCUT2D eigenvalue weighted by molar-refractivity contribution is 5.92. The highest BCUT2D eigenvalue weighted by Crippen LogP contribution is 2.23. The van der Waals surface area contributed by atoms with Gasteiger partial charge in [-0.2, -0.15) is 4.39 Å². The molecule has 0 atom stereocenters. The van der Waals surface area contributed by atoms with Crippen LogP contribution in [0.5, 0.6) is 0 Å². The lowest BCUT2D eigenvalue weighted by Gasteiger charge is -2.34. The highest BCUT2D eigenvalue weighted by atomic mass is 19.1. The number of nitrogens with one attached hydrogen (secondary N) is 1. The number of anilines is 1. The van der Waals surface area contributed by atoms with Gasteiger partial charge in [0.05, 0.1) is 0 Å². The van der Waals surface area contributed by atoms with Crippen LogP contribution in [0.15, 0.2) is 12.3 Å². The minimum atomic E-state index is -1.04. The molecule has 0 unspecified atom stereocenters. The van der Waals surface area contributed by atoms with Crippen LogP contribution in [-0.4, -0.2) is 52.9 Å². The van der Waals surface area contributed by atoms with Crippen molar-refractivity contribution >= 4 is 17.6 Å². The first-order valence-corrected chi connectivity index (χ1v) is 8.21. The summed E-state index contributed by atoms with van der Waals surface area (Å²) in [7, 11) is 0. The number of carbonyl (C=O) groups excluding carboxylic acids is 2. The van der Waals surface area contributed by atoms with Crippen molar-refractivity contribution in [2.24, 2.45) is 5.92 Å². The number of likely N-dealkylation sites (tertiary alicyclic amines) is 2. The van der Waals surface area contributed by atoms with Gasteiger partial charge in [0.15, 0.2) is 5.82 Å². The fraction of sp³-hybridized carbons (Fsp3) is 0.562. The Balaban J connectivity index is 1.54. The zero-order chi connectivity index (χ0) is 17.1. The fourth-order valence-electron chi connectivity index (χ4n) is 3.19. The number of halogens is 2. The lowest BCUT2D eigenvalue weighted by atomic mass is 9.96. The molecule has 0 bridgehead atoms. The van der Waals surface area contributed by atoms with Crippen LogP contribution >= 0.6 is 0 Å². The molecule has 0 aliphatic carbocycles. The summed E-state index contributed by atoms with van der Waals surface area (Å²) < 4.78 is 27.1. The molecule has 0 spiro atoms. The maximum atomic E-state index is 13.6. The summed E-state index contributed by atoms with van der Waals surface area (Å²) in [6.07, 6.45) is 4.03. The van der Waals surface area contributed by atoms with Crippen LogP contribution in [0.2, 0.25) is 0 Å². The Labute approximate surface area is 138 Å². The average molecular weight is 338 g/mol. The fourth-order valence-corrected chi connectivity index (χ4v) is 3.19. The zero-order valence-electron chi connectivity index (χ0n) is 13.3. The predicted octanol–water partition coefficient (Wildman–Crippen LogP) is 2.23. The largest absolute Gasteiger partial charge is 0.325 e. The molecular formula is C16H20F2N4O2. The Bertz CT molecular complexity index is 606. The van der Waals surface area contributed by atoms with Gasteiger partial charge in [-0.25, -0.2) is 14.2 Å². The first kappa shape index (κ1) is 16.6. The van der Waals surface area contributed by atoms with Crippen LogP contribution in [-0.2, 0) is 4.79 Å². The lowest BCUT2D eigenvalue weighted by Crippen LogP contribution is -2.47. The maximum absolute atomic E-state index is 13.6. The Morgan fingerprint density at radius 3 is 2.33 bits per heavy atom. The van der Waals surface area contributed by atoms with Crippen molar-refractivity contribution in [3.63, 3.8) is 0 Å². The van der Waals surface area contributed by atoms with Crippen LogP contribution in [0.3, 0.4) is 0 Å². The summed E-state index contributed by atoms with van der Waals surface area (Å²) in [5, 5.41) is 2.28. The lowest BCUT2D eigenvalue weighted by molar-refractivity contribution is -0.121. The van der Waals surface area contributed by atoms with Gasteiger partial charge in [0, 0.05) is 38.3 Å². The maximum Gasteiger partial charge on any atom is 0.319 e. The molecule has 0 saturated carbocycles. The standard InChI is InChI=1S/C16H20F2N4O2/c17-12-3-6-19-14(18)13(12)20-15(23)11-4-9-22(10-5-11)16(24)21-7-1-2-8-21/h3,6,11H,1-2,4-5,7-10H2,(H,20,23). The third kappa shape index (κ3) is 3.47. The summed E-state index contributed by atoms with van der Waals surface area (Å²) in [5.74, 6) is -2.69. The van der Waals surface area contributed by atoms with Crippen molar-refractivity contribution in [3.8, 4) is 0 Å². The Hall–Kier alpha value is -2.25. The van der Waals surface area contributed by atoms with Crippen molar-refractivity contribution in [2.75, 3.05) is 31.5 Å². The predicted molar refractivity (Wildman–Crippen MR) is 83.3 cm³/mol. The number of urea groups is 1. The molecular weight excluding hydrogens is 318 g/mol. The van der Waals surface area contributed by atoms with E-state index in [1.165, 1.54) is 0 Å². The van der Waals surface area contributed by atoms with Gasteiger partial charge in [0.1, 0.15) is 5.69 Å². The molecule has 3 rings (SSSR count). The quantitative estimate of drug-likeness (QED) is 0.841. The van der Waals surface area contributed by atoms with Crippen LogP contribution < -0.4 is 5.32 Å². The SMILES string of the molecule is O=C(Nc1c(F)ccnc1F)C1CCN(C(=O)N2CCCC2)CC1. The summed E-state index contributed by atoms with van der Waals surface area (Å²) in [4.78, 5) is 31.4. The number of nitrogens with zero attached hydrogens (tertiary/aromatic N) is 3. The van der Waals surface area contributed by atoms with E-state index < -0.39 is 23.4 Å². The van der Waals surface area contributed by atoms with E-state index in [-0.39, 0.29) is 11.9 Å². The molecule has 1 N–H and O–H groups in total. The van der Waals surface area contributed by atoms with Gasteiger partial charge in [0.25, 0.3) is 0 Å². The number of amides is 3. The van der Waals surface area contributed by atoms with E-state index in [2.05, 4.69) is 10.3 Å². The Morgan fingerprint density at radius 1 is 1.08 bits per heavy atom. The summed E-state index contributed by atoms with van der Waals surface area (Å²) >= 11 is 0. The van der Waals surface area contributed by atoms with E-state index in [1.54, 1.807) is 4.90 Å². The second-order valence-corrected chi connectivity index (χ2v) is 6.19. The van der Waals surface area contributed by atoms with Gasteiger partial charge >= 0.3 is 6.03 Å². The van der Waals surface area contributed by atoms with Crippen molar-refractivity contribution in [2.45, 2.75) is 25.7 Å². The molecule has 1 aromatic heterocycles. The molecule has 24 heavy (non-hydrogen) atoms. The summed E-state index contributed by atoms with van der Waals surface area (Å²) in [5.41, 5.74) is -0.516. The zero-order valence-corrected chi connectivity index (χ0v) is 13.3. The van der Waals surface area contributed by atoms with Gasteiger partial charge in [-0.15, -0.1) is 0 Å². The van der Waals surface area contributed by atoms with E-state index in [0.29, 0.717) is 25.9 Å². The molecule has 0 radical (unpaired) electrons. The van der Waals surface area contributed by atoms with Crippen LogP contribution in [0.4, 0.5) is 19.3 Å². The smallest absolute Gasteiger partial charge is 0.319 e. The normalized spacial score (nSPS) is 18.8. The number of pyridine rings is 1. The first-order valence-electron chi connectivity index (χ1n) is 8.21. The Morgan fingerprint density at radius 2 is 1.71 bits per heavy atom. The molecule has 3 amide bonds. The third-order valence-corrected chi connectivity index (χ3v) is 4.61. The van der Waals surface area contributed by atoms with Gasteiger partial charge in [-0.05, 0) is 31.7 Å². The van der Waals surface area contributed by atoms with E-state index in [0.717, 1.165) is 38.2 Å². The molecule has 2 aliphatic heterocycles. The third-order valence-electron chi connectivity index (χ3n) is 4.61. The molecule has 8 heteroatoms. The van der Waals surface area contributed by atoms with Gasteiger partial charge in [-0.3, -0.25) is 4.79 Å². The monoisotopic (exact) mass is 338 g/mol. The van der Waals surface area contributed by atoms with Crippen molar-refractivity contribution in [3.05, 3.63) is 24.0 Å². The second-order valence-electron chi connectivity index (χ2n) is 6.19. The number of hydrogen-bond acceptors (Lipinski definition) is 3. The molecule has 2 aliphatic rings. The van der Waals surface area contributed by atoms with Gasteiger partial charge in [0.2, 0.25) is 11.9 Å². The van der Waals surface area contributed by atoms with Gasteiger partial charge in [-0.1, -0.05) is 0 Å². The van der Waals surface area contributed by atoms with E-state index in [9.17, 15) is 18.4 Å². The second kappa shape index (κ2) is 7.11. The van der Waals surface area contributed by atoms with E-state index in [1.807, 2.05) is 4.90 Å². The van der Waals surface area contributed by atoms with E-state index in [4.69, 9.17) is 0 Å². The number of piperidine rings is 1. The van der Waals surface area contributed by atoms with Crippen molar-refractivity contribution in [1.82, 2.24) is 14.8 Å². The molecule has 6 nitrogen and oxygen atoms in total. The highest BCUT2D eigenvalue weighted by Gasteiger charge is 2.31. The summed E-state index contributed by atoms with van der Waals surface area (Å²) in [6, 6.07) is 1.02. The van der Waals surface area contributed by atoms with Crippen molar-refractivity contribution < 1.29 is 18.4 Å². The number of hydrogen-bond donors (Lipinski definition) is 1. The molecule has 2 fully saturated rings. The minimum Gasteiger partial charge on any atom is -0.325 e. The topological polar surface area (TPSA) is 65.5 Å². The molecule has 2 saturated heterocycles. The van der Waals surface area contributed by atoms with E-state index >= 15 is 0 Å². The minimum absolute atomic E-state index is 0.0238. The van der Waals surface area contributed by atoms with Gasteiger partial charge < -0.3 is 15.1 Å². The summed E-state index contributed by atoms with van der Waals surface area (Å²) in [6.45, 7) is 2.54. The number of carbonyl (C=O) groups is 2. The molecule has 0 aromatic carbocycles. The van der Waals surface area contributed by atoms with Crippen LogP contribution in [0, 0.1) is 17.7 Å². The molecule has 1 aromatic rings. The van der Waals surface area contributed by atoms with Crippen LogP contribution in [0.1, 0.15) is 25.7 Å². The number of aromatic nitrogens is 1. The average Bonchev–Trinajstić information content (AvgIpc) is 3.12. The number of rotatable bonds is 2. The first-order chi connectivity index (χ1) is 11.6.